The fourth-order valence-electron chi connectivity index (χ4n) is 1.40. The highest BCUT2D eigenvalue weighted by Gasteiger charge is 2.16. The number of carbonyl (C=O) groups is 1. The molecule has 6 nitrogen and oxygen atoms in total. The molecule has 0 saturated heterocycles. The Morgan fingerprint density at radius 2 is 1.72 bits per heavy atom. The second-order valence-corrected chi connectivity index (χ2v) is 3.24. The second-order valence-electron chi connectivity index (χ2n) is 3.24. The first kappa shape index (κ1) is 13.8. The van der Waals surface area contributed by atoms with E-state index in [1.54, 1.807) is 19.1 Å². The van der Waals surface area contributed by atoms with Gasteiger partial charge in [0.25, 0.3) is 5.91 Å². The highest BCUT2D eigenvalue weighted by atomic mass is 16.5. The minimum Gasteiger partial charge on any atom is -0.493 e. The fourth-order valence-corrected chi connectivity index (χ4v) is 1.40. The number of hydrogen-bond donors (Lipinski definition) is 1. The Kier molecular flexibility index (Phi) is 4.98. The van der Waals surface area contributed by atoms with Crippen molar-refractivity contribution in [2.24, 2.45) is 5.10 Å². The van der Waals surface area contributed by atoms with Crippen LogP contribution in [0.5, 0.6) is 17.2 Å². The summed E-state index contributed by atoms with van der Waals surface area (Å²) in [6, 6.07) is 3.11. The molecule has 1 N–H and O–H groups in total. The van der Waals surface area contributed by atoms with Crippen LogP contribution in [0.4, 0.5) is 0 Å². The van der Waals surface area contributed by atoms with E-state index in [2.05, 4.69) is 10.5 Å². The summed E-state index contributed by atoms with van der Waals surface area (Å²) in [5.74, 6) is 0.924. The highest BCUT2D eigenvalue weighted by molar-refractivity contribution is 5.95. The summed E-state index contributed by atoms with van der Waals surface area (Å²) in [5, 5.41) is 3.66. The average molecular weight is 252 g/mol. The van der Waals surface area contributed by atoms with Crippen LogP contribution in [0.3, 0.4) is 0 Å². The molecular weight excluding hydrogens is 236 g/mol. The number of amides is 1. The van der Waals surface area contributed by atoms with Crippen LogP contribution < -0.4 is 19.6 Å². The van der Waals surface area contributed by atoms with Crippen LogP contribution in [0.25, 0.3) is 0 Å². The predicted octanol–water partition coefficient (Wildman–Crippen LogP) is 1.45. The van der Waals surface area contributed by atoms with Crippen LogP contribution in [-0.2, 0) is 0 Å². The van der Waals surface area contributed by atoms with Gasteiger partial charge in [-0.1, -0.05) is 0 Å². The summed E-state index contributed by atoms with van der Waals surface area (Å²) in [6.45, 7) is 1.70. The van der Waals surface area contributed by atoms with Crippen molar-refractivity contribution >= 4 is 12.1 Å². The molecule has 0 fully saturated rings. The molecule has 18 heavy (non-hydrogen) atoms. The van der Waals surface area contributed by atoms with E-state index in [0.717, 1.165) is 0 Å². The van der Waals surface area contributed by atoms with Gasteiger partial charge in [-0.25, -0.2) is 5.43 Å². The summed E-state index contributed by atoms with van der Waals surface area (Å²) in [6.07, 6.45) is 1.48. The number of methoxy groups -OCH3 is 3. The van der Waals surface area contributed by atoms with Crippen molar-refractivity contribution in [3.05, 3.63) is 17.7 Å². The lowest BCUT2D eigenvalue weighted by Gasteiger charge is -2.13. The number of ether oxygens (including phenoxy) is 3. The first-order valence-corrected chi connectivity index (χ1v) is 5.26. The largest absolute Gasteiger partial charge is 0.493 e. The van der Waals surface area contributed by atoms with Crippen LogP contribution in [-0.4, -0.2) is 33.5 Å². The zero-order valence-corrected chi connectivity index (χ0v) is 10.8. The SMILES string of the molecule is CC=NNC(=O)c1cc(OC)c(OC)c(OC)c1. The minimum atomic E-state index is -0.354. The first-order valence-electron chi connectivity index (χ1n) is 5.26. The van der Waals surface area contributed by atoms with Gasteiger partial charge in [-0.15, -0.1) is 0 Å². The van der Waals surface area contributed by atoms with Gasteiger partial charge in [-0.3, -0.25) is 4.79 Å². The molecule has 0 aliphatic heterocycles. The topological polar surface area (TPSA) is 69.2 Å². The van der Waals surface area contributed by atoms with Gasteiger partial charge >= 0.3 is 0 Å². The number of nitrogens with zero attached hydrogens (tertiary/aromatic N) is 1. The number of hydrogen-bond acceptors (Lipinski definition) is 5. The third-order valence-corrected chi connectivity index (χ3v) is 2.22. The fraction of sp³-hybridized carbons (Fsp3) is 0.333. The van der Waals surface area contributed by atoms with E-state index >= 15 is 0 Å². The van der Waals surface area contributed by atoms with Gasteiger partial charge in [0.15, 0.2) is 11.5 Å². The van der Waals surface area contributed by atoms with Gasteiger partial charge in [0.2, 0.25) is 5.75 Å². The van der Waals surface area contributed by atoms with Crippen molar-refractivity contribution in [2.75, 3.05) is 21.3 Å². The molecule has 1 amide bonds. The molecule has 0 atom stereocenters. The zero-order valence-electron chi connectivity index (χ0n) is 10.8. The van der Waals surface area contributed by atoms with Crippen molar-refractivity contribution in [1.82, 2.24) is 5.43 Å². The Labute approximate surface area is 106 Å². The number of rotatable bonds is 5. The van der Waals surface area contributed by atoms with Gasteiger partial charge in [0.05, 0.1) is 21.3 Å². The Morgan fingerprint density at radius 3 is 2.11 bits per heavy atom. The number of benzene rings is 1. The highest BCUT2D eigenvalue weighted by Crippen LogP contribution is 2.38. The minimum absolute atomic E-state index is 0.354. The third-order valence-electron chi connectivity index (χ3n) is 2.22. The van der Waals surface area contributed by atoms with Crippen molar-refractivity contribution in [2.45, 2.75) is 6.92 Å². The molecule has 0 aliphatic carbocycles. The zero-order chi connectivity index (χ0) is 13.5. The van der Waals surface area contributed by atoms with Crippen LogP contribution in [0.1, 0.15) is 17.3 Å². The van der Waals surface area contributed by atoms with Gasteiger partial charge < -0.3 is 14.2 Å². The molecule has 0 spiro atoms. The van der Waals surface area contributed by atoms with Crippen LogP contribution >= 0.6 is 0 Å². The van der Waals surface area contributed by atoms with Gasteiger partial charge in [-0.2, -0.15) is 5.10 Å². The lowest BCUT2D eigenvalue weighted by molar-refractivity contribution is 0.0954. The maximum atomic E-state index is 11.8. The van der Waals surface area contributed by atoms with Crippen LogP contribution in [0.15, 0.2) is 17.2 Å². The summed E-state index contributed by atoms with van der Waals surface area (Å²) in [7, 11) is 4.48. The smallest absolute Gasteiger partial charge is 0.271 e. The molecule has 1 aromatic carbocycles. The van der Waals surface area contributed by atoms with E-state index in [-0.39, 0.29) is 5.91 Å². The lowest BCUT2D eigenvalue weighted by atomic mass is 10.1. The summed E-state index contributed by atoms with van der Waals surface area (Å²) < 4.78 is 15.5. The van der Waals surface area contributed by atoms with Crippen molar-refractivity contribution in [3.8, 4) is 17.2 Å². The summed E-state index contributed by atoms with van der Waals surface area (Å²) in [5.41, 5.74) is 2.74. The Morgan fingerprint density at radius 1 is 1.17 bits per heavy atom. The molecule has 1 rings (SSSR count). The summed E-state index contributed by atoms with van der Waals surface area (Å²) >= 11 is 0. The van der Waals surface area contributed by atoms with Crippen LogP contribution in [0, 0.1) is 0 Å². The van der Waals surface area contributed by atoms with Crippen molar-refractivity contribution < 1.29 is 19.0 Å². The van der Waals surface area contributed by atoms with Gasteiger partial charge in [-0.05, 0) is 19.1 Å². The van der Waals surface area contributed by atoms with Crippen LogP contribution in [0.2, 0.25) is 0 Å². The Balaban J connectivity index is 3.18. The Hall–Kier alpha value is -2.24. The van der Waals surface area contributed by atoms with E-state index in [9.17, 15) is 4.79 Å². The molecule has 1 aromatic rings. The maximum absolute atomic E-state index is 11.8. The van der Waals surface area contributed by atoms with E-state index in [0.29, 0.717) is 22.8 Å². The average Bonchev–Trinajstić information content (AvgIpc) is 2.42. The molecule has 0 unspecified atom stereocenters. The number of hydrazone groups is 1. The normalized spacial score (nSPS) is 10.2. The van der Waals surface area contributed by atoms with Gasteiger partial charge in [0.1, 0.15) is 0 Å². The molecule has 0 radical (unpaired) electrons. The molecule has 6 heteroatoms. The third kappa shape index (κ3) is 2.91. The molecule has 0 bridgehead atoms. The molecular formula is C12H16N2O4. The molecule has 98 valence electrons. The number of nitrogens with one attached hydrogen (secondary N) is 1. The molecule has 0 saturated carbocycles. The van der Waals surface area contributed by atoms with Crippen molar-refractivity contribution in [3.63, 3.8) is 0 Å². The van der Waals surface area contributed by atoms with Gasteiger partial charge in [0, 0.05) is 11.8 Å². The quantitative estimate of drug-likeness (QED) is 0.636. The maximum Gasteiger partial charge on any atom is 0.271 e. The first-order chi connectivity index (χ1) is 8.67. The summed E-state index contributed by atoms with van der Waals surface area (Å²) in [4.78, 5) is 11.8. The molecule has 0 aromatic heterocycles. The number of carbonyl (C=O) groups excluding carboxylic acids is 1. The standard InChI is InChI=1S/C12H16N2O4/c1-5-13-14-12(15)8-6-9(16-2)11(18-4)10(7-8)17-3/h5-7H,1-4H3,(H,14,15). The van der Waals surface area contributed by atoms with Crippen molar-refractivity contribution in [1.29, 1.82) is 0 Å². The monoisotopic (exact) mass is 252 g/mol. The molecule has 0 heterocycles. The van der Waals surface area contributed by atoms with E-state index in [1.165, 1.54) is 27.5 Å². The molecule has 0 aliphatic rings. The second kappa shape index (κ2) is 6.48. The van der Waals surface area contributed by atoms with E-state index in [4.69, 9.17) is 14.2 Å². The van der Waals surface area contributed by atoms with E-state index in [1.807, 2.05) is 0 Å². The Bertz CT molecular complexity index is 432. The van der Waals surface area contributed by atoms with E-state index < -0.39 is 0 Å². The predicted molar refractivity (Wildman–Crippen MR) is 67.7 cm³/mol. The lowest BCUT2D eigenvalue weighted by Crippen LogP contribution is -2.17.